The summed E-state index contributed by atoms with van der Waals surface area (Å²) in [6.07, 6.45) is 0.640. The summed E-state index contributed by atoms with van der Waals surface area (Å²) in [6.45, 7) is 1.19. The van der Waals surface area contributed by atoms with Crippen LogP contribution in [0.4, 0.5) is 4.39 Å². The van der Waals surface area contributed by atoms with E-state index in [1.807, 2.05) is 0 Å². The van der Waals surface area contributed by atoms with E-state index in [1.165, 1.54) is 41.7 Å². The van der Waals surface area contributed by atoms with E-state index in [2.05, 4.69) is 5.32 Å². The van der Waals surface area contributed by atoms with E-state index in [4.69, 9.17) is 9.47 Å². The molecule has 2 aromatic carbocycles. The van der Waals surface area contributed by atoms with Gasteiger partial charge in [0.15, 0.2) is 0 Å². The number of ether oxygens (including phenoxy) is 2. The first-order valence-corrected chi connectivity index (χ1v) is 12.3. The number of carbonyl (C=O) groups excluding carboxylic acids is 1. The summed E-state index contributed by atoms with van der Waals surface area (Å²) in [5.41, 5.74) is 0.841. The summed E-state index contributed by atoms with van der Waals surface area (Å²) < 4.78 is 51.7. The third kappa shape index (κ3) is 4.57. The lowest BCUT2D eigenvalue weighted by Gasteiger charge is -2.27. The number of rotatable bonds is 5. The van der Waals surface area contributed by atoms with Gasteiger partial charge in [-0.2, -0.15) is 4.31 Å². The van der Waals surface area contributed by atoms with Gasteiger partial charge in [-0.25, -0.2) is 12.8 Å². The zero-order chi connectivity index (χ0) is 22.0. The fourth-order valence-electron chi connectivity index (χ4n) is 3.71. The summed E-state index contributed by atoms with van der Waals surface area (Å²) in [4.78, 5) is 14.1. The number of morpholine rings is 1. The van der Waals surface area contributed by atoms with E-state index < -0.39 is 15.9 Å². The van der Waals surface area contributed by atoms with Crippen LogP contribution in [0.2, 0.25) is 0 Å². The van der Waals surface area contributed by atoms with Crippen molar-refractivity contribution in [2.24, 2.45) is 0 Å². The van der Waals surface area contributed by atoms with Crippen molar-refractivity contribution in [3.05, 3.63) is 53.3 Å². The smallest absolute Gasteiger partial charge is 0.255 e. The second-order valence-corrected chi connectivity index (χ2v) is 10.3. The number of fused-ring (bicyclic) bond motifs is 1. The normalized spacial score (nSPS) is 19.5. The number of amides is 1. The Morgan fingerprint density at radius 1 is 1.23 bits per heavy atom. The standard InChI is InChI=1S/C21H23FN2O5S2/c1-28-19-4-3-15(31(26,27)24-7-9-29-10-8-24)13-17(19)21(25)23-18-6-11-30-20-5-2-14(22)12-16(18)20/h2-5,12-13,18H,6-11H2,1H3,(H,23,25)/t18-/m1/s1. The topological polar surface area (TPSA) is 84.9 Å². The van der Waals surface area contributed by atoms with Crippen molar-refractivity contribution >= 4 is 27.7 Å². The van der Waals surface area contributed by atoms with Crippen molar-refractivity contribution in [1.82, 2.24) is 9.62 Å². The monoisotopic (exact) mass is 466 g/mol. The molecule has 1 saturated heterocycles. The number of carbonyl (C=O) groups is 1. The minimum Gasteiger partial charge on any atom is -0.496 e. The van der Waals surface area contributed by atoms with Gasteiger partial charge in [0.25, 0.3) is 5.91 Å². The first-order valence-electron chi connectivity index (χ1n) is 9.89. The lowest BCUT2D eigenvalue weighted by molar-refractivity contribution is 0.0730. The molecule has 0 radical (unpaired) electrons. The molecule has 2 heterocycles. The van der Waals surface area contributed by atoms with Crippen LogP contribution in [0.5, 0.6) is 5.75 Å². The van der Waals surface area contributed by atoms with Crippen LogP contribution in [0.15, 0.2) is 46.2 Å². The first kappa shape index (κ1) is 22.1. The molecule has 0 spiro atoms. The Morgan fingerprint density at radius 2 is 2.00 bits per heavy atom. The maximum absolute atomic E-state index is 13.8. The fraction of sp³-hybridized carbons (Fsp3) is 0.381. The Bertz CT molecular complexity index is 1090. The molecule has 1 atom stereocenters. The van der Waals surface area contributed by atoms with Crippen LogP contribution >= 0.6 is 11.8 Å². The van der Waals surface area contributed by atoms with E-state index in [1.54, 1.807) is 17.8 Å². The van der Waals surface area contributed by atoms with Gasteiger partial charge >= 0.3 is 0 Å². The summed E-state index contributed by atoms with van der Waals surface area (Å²) in [5, 5.41) is 2.92. The maximum Gasteiger partial charge on any atom is 0.255 e. The number of hydrogen-bond acceptors (Lipinski definition) is 6. The largest absolute Gasteiger partial charge is 0.496 e. The predicted molar refractivity (Wildman–Crippen MR) is 115 cm³/mol. The summed E-state index contributed by atoms with van der Waals surface area (Å²) in [6, 6.07) is 8.42. The minimum atomic E-state index is -3.77. The van der Waals surface area contributed by atoms with Gasteiger partial charge < -0.3 is 14.8 Å². The molecule has 0 aromatic heterocycles. The van der Waals surface area contributed by atoms with Gasteiger partial charge in [0.05, 0.1) is 36.8 Å². The second kappa shape index (κ2) is 9.15. The van der Waals surface area contributed by atoms with Gasteiger partial charge in [0, 0.05) is 23.7 Å². The summed E-state index contributed by atoms with van der Waals surface area (Å²) in [7, 11) is -2.34. The van der Waals surface area contributed by atoms with Crippen molar-refractivity contribution in [2.75, 3.05) is 39.2 Å². The number of thioether (sulfide) groups is 1. The molecule has 0 bridgehead atoms. The van der Waals surface area contributed by atoms with Crippen molar-refractivity contribution in [3.8, 4) is 5.75 Å². The van der Waals surface area contributed by atoms with Gasteiger partial charge in [-0.05, 0) is 48.4 Å². The van der Waals surface area contributed by atoms with Crippen molar-refractivity contribution in [2.45, 2.75) is 22.3 Å². The molecule has 0 aliphatic carbocycles. The first-order chi connectivity index (χ1) is 14.9. The third-order valence-electron chi connectivity index (χ3n) is 5.34. The molecule has 2 aliphatic rings. The SMILES string of the molecule is COc1ccc(S(=O)(=O)N2CCOCC2)cc1C(=O)N[C@@H]1CCSc2ccc(F)cc21. The Labute approximate surface area is 185 Å². The van der Waals surface area contributed by atoms with Crippen LogP contribution in [-0.2, 0) is 14.8 Å². The molecule has 1 fully saturated rings. The van der Waals surface area contributed by atoms with Crippen LogP contribution in [0.25, 0.3) is 0 Å². The average molecular weight is 467 g/mol. The molecule has 4 rings (SSSR count). The van der Waals surface area contributed by atoms with Gasteiger partial charge in [-0.15, -0.1) is 11.8 Å². The third-order valence-corrected chi connectivity index (χ3v) is 8.36. The quantitative estimate of drug-likeness (QED) is 0.730. The lowest BCUT2D eigenvalue weighted by Crippen LogP contribution is -2.40. The van der Waals surface area contributed by atoms with Crippen molar-refractivity contribution in [3.63, 3.8) is 0 Å². The summed E-state index contributed by atoms with van der Waals surface area (Å²) in [5.74, 6) is 0.217. The number of halogens is 1. The minimum absolute atomic E-state index is 0.0194. The molecule has 0 unspecified atom stereocenters. The highest BCUT2D eigenvalue weighted by Gasteiger charge is 2.29. The van der Waals surface area contributed by atoms with E-state index >= 15 is 0 Å². The number of benzene rings is 2. The molecule has 7 nitrogen and oxygen atoms in total. The zero-order valence-corrected chi connectivity index (χ0v) is 18.6. The second-order valence-electron chi connectivity index (χ2n) is 7.22. The Kier molecular flexibility index (Phi) is 6.52. The Morgan fingerprint density at radius 3 is 2.74 bits per heavy atom. The molecule has 166 valence electrons. The van der Waals surface area contributed by atoms with Crippen LogP contribution in [0.3, 0.4) is 0 Å². The average Bonchev–Trinajstić information content (AvgIpc) is 2.79. The number of hydrogen-bond donors (Lipinski definition) is 1. The highest BCUT2D eigenvalue weighted by Crippen LogP contribution is 2.37. The number of methoxy groups -OCH3 is 1. The maximum atomic E-state index is 13.8. The van der Waals surface area contributed by atoms with Crippen molar-refractivity contribution in [1.29, 1.82) is 0 Å². The fourth-order valence-corrected chi connectivity index (χ4v) is 6.25. The van der Waals surface area contributed by atoms with E-state index in [-0.39, 0.29) is 41.2 Å². The Hall–Kier alpha value is -2.14. The van der Waals surface area contributed by atoms with Gasteiger partial charge in [-0.1, -0.05) is 0 Å². The molecule has 1 N–H and O–H groups in total. The van der Waals surface area contributed by atoms with Crippen molar-refractivity contribution < 1.29 is 27.1 Å². The molecule has 10 heteroatoms. The van der Waals surface area contributed by atoms with Crippen LogP contribution in [-0.4, -0.2) is 57.8 Å². The molecular formula is C21H23FN2O5S2. The van der Waals surface area contributed by atoms with Gasteiger partial charge in [0.1, 0.15) is 11.6 Å². The Balaban J connectivity index is 1.63. The molecule has 0 saturated carbocycles. The molecule has 2 aromatic rings. The summed E-state index contributed by atoms with van der Waals surface area (Å²) >= 11 is 1.62. The van der Waals surface area contributed by atoms with Gasteiger partial charge in [0.2, 0.25) is 10.0 Å². The highest BCUT2D eigenvalue weighted by atomic mass is 32.2. The van der Waals surface area contributed by atoms with E-state index in [0.717, 1.165) is 16.2 Å². The molecule has 2 aliphatic heterocycles. The van der Waals surface area contributed by atoms with Crippen LogP contribution < -0.4 is 10.1 Å². The number of sulfonamides is 1. The lowest BCUT2D eigenvalue weighted by atomic mass is 10.0. The van der Waals surface area contributed by atoms with Gasteiger partial charge in [-0.3, -0.25) is 4.79 Å². The number of nitrogens with one attached hydrogen (secondary N) is 1. The predicted octanol–water partition coefficient (Wildman–Crippen LogP) is 2.82. The van der Waals surface area contributed by atoms with Crippen LogP contribution in [0, 0.1) is 5.82 Å². The number of nitrogens with zero attached hydrogens (tertiary/aromatic N) is 1. The van der Waals surface area contributed by atoms with E-state index in [9.17, 15) is 17.6 Å². The zero-order valence-electron chi connectivity index (χ0n) is 17.0. The molecule has 31 heavy (non-hydrogen) atoms. The van der Waals surface area contributed by atoms with Crippen LogP contribution in [0.1, 0.15) is 28.4 Å². The molecule has 1 amide bonds. The van der Waals surface area contributed by atoms with E-state index in [0.29, 0.717) is 19.6 Å². The molecular weight excluding hydrogens is 443 g/mol. The highest BCUT2D eigenvalue weighted by molar-refractivity contribution is 7.99.